The standard InChI is InChI=1S/C28H21N3O5S/c32-27-26(37-28(29-22-10-5-2-6-11-22)30(27)18-23-12-7-15-35-23)17-21-13-14-25(24(16-21)31(33)34)36-19-20-8-3-1-4-9-20/h1-17H,18-19H2/b26-17-,29-28?. The molecule has 1 amide bonds. The zero-order valence-corrected chi connectivity index (χ0v) is 20.3. The van der Waals surface area contributed by atoms with E-state index in [1.54, 1.807) is 36.6 Å². The highest BCUT2D eigenvalue weighted by Gasteiger charge is 2.34. The molecule has 1 fully saturated rings. The third kappa shape index (κ3) is 5.79. The van der Waals surface area contributed by atoms with Crippen molar-refractivity contribution in [3.8, 4) is 5.75 Å². The summed E-state index contributed by atoms with van der Waals surface area (Å²) in [6, 6.07) is 26.9. The number of aliphatic imine (C=N–C) groups is 1. The molecule has 3 aromatic carbocycles. The van der Waals surface area contributed by atoms with Crippen LogP contribution < -0.4 is 4.74 Å². The molecule has 37 heavy (non-hydrogen) atoms. The summed E-state index contributed by atoms with van der Waals surface area (Å²) in [6.45, 7) is 0.422. The van der Waals surface area contributed by atoms with Crippen molar-refractivity contribution in [1.29, 1.82) is 0 Å². The van der Waals surface area contributed by atoms with Gasteiger partial charge in [-0.3, -0.25) is 19.8 Å². The molecule has 0 aliphatic carbocycles. The van der Waals surface area contributed by atoms with Crippen LogP contribution in [0.2, 0.25) is 0 Å². The minimum atomic E-state index is -0.489. The number of nitro benzene ring substituents is 1. The number of para-hydroxylation sites is 1. The zero-order chi connectivity index (χ0) is 25.6. The van der Waals surface area contributed by atoms with Crippen molar-refractivity contribution in [2.45, 2.75) is 13.2 Å². The van der Waals surface area contributed by atoms with Crippen LogP contribution in [0.15, 0.2) is 112 Å². The first-order valence-corrected chi connectivity index (χ1v) is 12.2. The van der Waals surface area contributed by atoms with Gasteiger partial charge < -0.3 is 9.15 Å². The summed E-state index contributed by atoms with van der Waals surface area (Å²) in [5, 5.41) is 12.3. The normalized spacial score (nSPS) is 15.5. The van der Waals surface area contributed by atoms with Crippen molar-refractivity contribution in [1.82, 2.24) is 4.90 Å². The van der Waals surface area contributed by atoms with E-state index in [1.165, 1.54) is 22.7 Å². The number of nitro groups is 1. The van der Waals surface area contributed by atoms with Gasteiger partial charge in [-0.1, -0.05) is 54.6 Å². The molecule has 0 atom stereocenters. The van der Waals surface area contributed by atoms with E-state index in [0.717, 1.165) is 5.56 Å². The molecule has 0 radical (unpaired) electrons. The smallest absolute Gasteiger partial charge is 0.311 e. The number of ether oxygens (including phenoxy) is 1. The maximum Gasteiger partial charge on any atom is 0.311 e. The Bertz CT molecular complexity index is 1470. The van der Waals surface area contributed by atoms with Gasteiger partial charge in [-0.05, 0) is 59.3 Å². The Balaban J connectivity index is 1.43. The van der Waals surface area contributed by atoms with Gasteiger partial charge in [0.05, 0.1) is 28.3 Å². The summed E-state index contributed by atoms with van der Waals surface area (Å²) >= 11 is 1.21. The number of furan rings is 1. The van der Waals surface area contributed by atoms with E-state index in [2.05, 4.69) is 4.99 Å². The van der Waals surface area contributed by atoms with Crippen LogP contribution in [0.3, 0.4) is 0 Å². The third-order valence-electron chi connectivity index (χ3n) is 5.48. The Morgan fingerprint density at radius 2 is 1.76 bits per heavy atom. The van der Waals surface area contributed by atoms with Gasteiger partial charge in [0.2, 0.25) is 0 Å². The monoisotopic (exact) mass is 511 g/mol. The first kappa shape index (κ1) is 24.1. The van der Waals surface area contributed by atoms with Gasteiger partial charge >= 0.3 is 5.69 Å². The van der Waals surface area contributed by atoms with Gasteiger partial charge in [0.15, 0.2) is 10.9 Å². The topological polar surface area (TPSA) is 98.2 Å². The molecule has 0 unspecified atom stereocenters. The number of amides is 1. The molecular formula is C28H21N3O5S. The second kappa shape index (κ2) is 11.0. The molecule has 0 bridgehead atoms. The average Bonchev–Trinajstić information content (AvgIpc) is 3.53. The molecule has 2 heterocycles. The summed E-state index contributed by atoms with van der Waals surface area (Å²) in [5.74, 6) is 0.516. The van der Waals surface area contributed by atoms with E-state index in [1.807, 2.05) is 60.7 Å². The first-order chi connectivity index (χ1) is 18.1. The fourth-order valence-electron chi connectivity index (χ4n) is 3.68. The first-order valence-electron chi connectivity index (χ1n) is 11.4. The molecule has 8 nitrogen and oxygen atoms in total. The summed E-state index contributed by atoms with van der Waals surface area (Å²) in [4.78, 5) is 31.2. The van der Waals surface area contributed by atoms with Crippen LogP contribution in [0.25, 0.3) is 6.08 Å². The molecule has 5 rings (SSSR count). The lowest BCUT2D eigenvalue weighted by Crippen LogP contribution is -2.28. The second-order valence-electron chi connectivity index (χ2n) is 8.07. The quantitative estimate of drug-likeness (QED) is 0.151. The van der Waals surface area contributed by atoms with E-state index < -0.39 is 4.92 Å². The number of hydrogen-bond donors (Lipinski definition) is 0. The summed E-state index contributed by atoms with van der Waals surface area (Å²) in [6.07, 6.45) is 3.18. The van der Waals surface area contributed by atoms with Crippen molar-refractivity contribution < 1.29 is 18.9 Å². The number of carbonyl (C=O) groups is 1. The van der Waals surface area contributed by atoms with Crippen molar-refractivity contribution in [3.63, 3.8) is 0 Å². The molecule has 184 valence electrons. The third-order valence-corrected chi connectivity index (χ3v) is 6.48. The van der Waals surface area contributed by atoms with E-state index in [9.17, 15) is 14.9 Å². The maximum atomic E-state index is 13.3. The lowest BCUT2D eigenvalue weighted by Gasteiger charge is -2.13. The van der Waals surface area contributed by atoms with E-state index in [4.69, 9.17) is 9.15 Å². The molecule has 4 aromatic rings. The number of rotatable bonds is 8. The van der Waals surface area contributed by atoms with Crippen LogP contribution >= 0.6 is 11.8 Å². The zero-order valence-electron chi connectivity index (χ0n) is 19.5. The van der Waals surface area contributed by atoms with Gasteiger partial charge in [-0.15, -0.1) is 0 Å². The Labute approximate surface area is 217 Å². The Kier molecular flexibility index (Phi) is 7.14. The van der Waals surface area contributed by atoms with Gasteiger partial charge in [-0.2, -0.15) is 0 Å². The molecule has 1 aliphatic heterocycles. The van der Waals surface area contributed by atoms with Crippen molar-refractivity contribution in [2.75, 3.05) is 0 Å². The molecule has 1 aromatic heterocycles. The SMILES string of the molecule is O=C1/C(=C/c2ccc(OCc3ccccc3)c([N+](=O)[O-])c2)SC(=Nc2ccccc2)N1Cc1ccco1. The van der Waals surface area contributed by atoms with Gasteiger partial charge in [0.1, 0.15) is 12.4 Å². The number of benzene rings is 3. The Morgan fingerprint density at radius 3 is 2.46 bits per heavy atom. The molecule has 1 aliphatic rings. The minimum absolute atomic E-state index is 0.159. The molecule has 9 heteroatoms. The van der Waals surface area contributed by atoms with Gasteiger partial charge in [0.25, 0.3) is 5.91 Å². The maximum absolute atomic E-state index is 13.3. The molecule has 1 saturated heterocycles. The lowest BCUT2D eigenvalue weighted by molar-refractivity contribution is -0.386. The summed E-state index contributed by atoms with van der Waals surface area (Å²) < 4.78 is 11.2. The van der Waals surface area contributed by atoms with Crippen LogP contribution in [-0.2, 0) is 17.9 Å². The highest BCUT2D eigenvalue weighted by molar-refractivity contribution is 8.18. The molecule has 0 saturated carbocycles. The van der Waals surface area contributed by atoms with Crippen LogP contribution in [-0.4, -0.2) is 20.9 Å². The van der Waals surface area contributed by atoms with Crippen LogP contribution in [0.5, 0.6) is 5.75 Å². The highest BCUT2D eigenvalue weighted by atomic mass is 32.2. The summed E-state index contributed by atoms with van der Waals surface area (Å²) in [5.41, 5.74) is 1.94. The van der Waals surface area contributed by atoms with Crippen LogP contribution in [0, 0.1) is 10.1 Å². The molecule has 0 spiro atoms. The van der Waals surface area contributed by atoms with Gasteiger partial charge in [0, 0.05) is 6.07 Å². The Morgan fingerprint density at radius 1 is 1.00 bits per heavy atom. The fraction of sp³-hybridized carbons (Fsp3) is 0.0714. The molecule has 0 N–H and O–H groups in total. The van der Waals surface area contributed by atoms with Crippen molar-refractivity contribution in [3.05, 3.63) is 129 Å². The van der Waals surface area contributed by atoms with E-state index in [-0.39, 0.29) is 30.5 Å². The predicted octanol–water partition coefficient (Wildman–Crippen LogP) is 6.57. The largest absolute Gasteiger partial charge is 0.482 e. The van der Waals surface area contributed by atoms with Crippen LogP contribution in [0.1, 0.15) is 16.9 Å². The highest BCUT2D eigenvalue weighted by Crippen LogP contribution is 2.36. The predicted molar refractivity (Wildman–Crippen MR) is 142 cm³/mol. The minimum Gasteiger partial charge on any atom is -0.482 e. The van der Waals surface area contributed by atoms with Crippen molar-refractivity contribution >= 4 is 40.3 Å². The Hall–Kier alpha value is -4.63. The fourth-order valence-corrected chi connectivity index (χ4v) is 4.68. The van der Waals surface area contributed by atoms with E-state index >= 15 is 0 Å². The molecular weight excluding hydrogens is 490 g/mol. The van der Waals surface area contributed by atoms with Gasteiger partial charge in [-0.25, -0.2) is 4.99 Å². The number of hydrogen-bond acceptors (Lipinski definition) is 7. The number of thioether (sulfide) groups is 1. The number of nitrogens with zero attached hydrogens (tertiary/aromatic N) is 3. The van der Waals surface area contributed by atoms with E-state index in [0.29, 0.717) is 27.1 Å². The number of carbonyl (C=O) groups excluding carboxylic acids is 1. The summed E-state index contributed by atoms with van der Waals surface area (Å²) in [7, 11) is 0. The van der Waals surface area contributed by atoms with Crippen molar-refractivity contribution in [2.24, 2.45) is 4.99 Å². The average molecular weight is 512 g/mol. The van der Waals surface area contributed by atoms with Crippen LogP contribution in [0.4, 0.5) is 11.4 Å². The lowest BCUT2D eigenvalue weighted by atomic mass is 10.1. The second-order valence-corrected chi connectivity index (χ2v) is 9.08. The number of amidine groups is 1.